The van der Waals surface area contributed by atoms with Crippen LogP contribution >= 0.6 is 0 Å². The summed E-state index contributed by atoms with van der Waals surface area (Å²) in [4.78, 5) is 0. The summed E-state index contributed by atoms with van der Waals surface area (Å²) in [7, 11) is 0. The van der Waals surface area contributed by atoms with Crippen LogP contribution in [0.3, 0.4) is 0 Å². The monoisotopic (exact) mass is 213 g/mol. The fourth-order valence-electron chi connectivity index (χ4n) is 1.60. The lowest BCUT2D eigenvalue weighted by atomic mass is 10.1. The Kier molecular flexibility index (Phi) is 2.29. The van der Waals surface area contributed by atoms with Crippen molar-refractivity contribution in [3.8, 4) is 5.75 Å². The van der Waals surface area contributed by atoms with Crippen LogP contribution in [0.2, 0.25) is 0 Å². The van der Waals surface area contributed by atoms with E-state index in [1.165, 1.54) is 6.07 Å². The molecule has 0 saturated heterocycles. The van der Waals surface area contributed by atoms with E-state index < -0.39 is 17.2 Å². The minimum absolute atomic E-state index is 0.0162. The van der Waals surface area contributed by atoms with Crippen LogP contribution in [-0.4, -0.2) is 12.1 Å². The Bertz CT molecular complexity index is 390. The van der Waals surface area contributed by atoms with E-state index in [1.54, 1.807) is 0 Å². The molecule has 1 N–H and O–H groups in total. The van der Waals surface area contributed by atoms with Crippen LogP contribution in [0.5, 0.6) is 5.75 Å². The van der Waals surface area contributed by atoms with Gasteiger partial charge in [-0.15, -0.1) is 0 Å². The molecule has 2 nitrogen and oxygen atoms in total. The lowest BCUT2D eigenvalue weighted by Crippen LogP contribution is -2.28. The molecule has 1 aliphatic heterocycles. The maximum Gasteiger partial charge on any atom is 0.202 e. The highest BCUT2D eigenvalue weighted by atomic mass is 19.2. The Balaban J connectivity index is 2.49. The quantitative estimate of drug-likeness (QED) is 0.715. The molecule has 1 aromatic carbocycles. The number of fused-ring (bicyclic) bond motifs is 1. The van der Waals surface area contributed by atoms with Crippen LogP contribution in [-0.2, 0) is 0 Å². The maximum atomic E-state index is 13.5. The second-order valence-corrected chi connectivity index (χ2v) is 4.28. The van der Waals surface area contributed by atoms with Crippen molar-refractivity contribution < 1.29 is 13.5 Å². The highest BCUT2D eigenvalue weighted by Crippen LogP contribution is 2.35. The van der Waals surface area contributed by atoms with Gasteiger partial charge in [0, 0.05) is 13.0 Å². The molecule has 1 aromatic rings. The summed E-state index contributed by atoms with van der Waals surface area (Å²) in [5.41, 5.74) is 0.0341. The maximum absolute atomic E-state index is 13.5. The molecule has 2 rings (SSSR count). The summed E-state index contributed by atoms with van der Waals surface area (Å²) in [6, 6.07) is 2.60. The smallest absolute Gasteiger partial charge is 0.202 e. The minimum Gasteiger partial charge on any atom is -0.482 e. The predicted octanol–water partition coefficient (Wildman–Crippen LogP) is 2.94. The molecule has 0 saturated carbocycles. The van der Waals surface area contributed by atoms with Gasteiger partial charge in [-0.2, -0.15) is 4.39 Å². The zero-order chi connectivity index (χ0) is 11.1. The van der Waals surface area contributed by atoms with Gasteiger partial charge in [0.25, 0.3) is 0 Å². The van der Waals surface area contributed by atoms with Crippen LogP contribution < -0.4 is 10.1 Å². The third-order valence-electron chi connectivity index (χ3n) is 2.47. The van der Waals surface area contributed by atoms with E-state index in [0.29, 0.717) is 12.2 Å². The number of hydrogen-bond donors (Lipinski definition) is 1. The van der Waals surface area contributed by atoms with Gasteiger partial charge in [-0.25, -0.2) is 4.39 Å². The Morgan fingerprint density at radius 3 is 2.80 bits per heavy atom. The van der Waals surface area contributed by atoms with E-state index in [-0.39, 0.29) is 5.75 Å². The van der Waals surface area contributed by atoms with Crippen LogP contribution in [0.15, 0.2) is 12.1 Å². The highest BCUT2D eigenvalue weighted by molar-refractivity contribution is 5.58. The molecule has 0 fully saturated rings. The first-order valence-electron chi connectivity index (χ1n) is 4.90. The molecule has 0 spiro atoms. The van der Waals surface area contributed by atoms with E-state index in [4.69, 9.17) is 4.74 Å². The molecule has 1 heterocycles. The van der Waals surface area contributed by atoms with E-state index in [9.17, 15) is 8.78 Å². The van der Waals surface area contributed by atoms with Crippen LogP contribution in [0.25, 0.3) is 0 Å². The van der Waals surface area contributed by atoms with Gasteiger partial charge < -0.3 is 10.1 Å². The van der Waals surface area contributed by atoms with Crippen LogP contribution in [0, 0.1) is 11.6 Å². The molecule has 1 aliphatic rings. The first-order chi connectivity index (χ1) is 6.99. The summed E-state index contributed by atoms with van der Waals surface area (Å²) in [5.74, 6) is -1.82. The summed E-state index contributed by atoms with van der Waals surface area (Å²) in [6.45, 7) is 4.40. The number of ether oxygens (including phenoxy) is 1. The molecule has 15 heavy (non-hydrogen) atoms. The van der Waals surface area contributed by atoms with Crippen molar-refractivity contribution in [3.05, 3.63) is 23.8 Å². The molecule has 0 aliphatic carbocycles. The largest absolute Gasteiger partial charge is 0.482 e. The van der Waals surface area contributed by atoms with Gasteiger partial charge >= 0.3 is 0 Å². The van der Waals surface area contributed by atoms with Crippen LogP contribution in [0.1, 0.15) is 20.3 Å². The number of nitrogens with one attached hydrogen (secondary N) is 1. The zero-order valence-electron chi connectivity index (χ0n) is 8.73. The van der Waals surface area contributed by atoms with Crippen molar-refractivity contribution in [1.29, 1.82) is 0 Å². The normalized spacial score (nSPS) is 18.4. The van der Waals surface area contributed by atoms with Gasteiger partial charge in [0.05, 0.1) is 5.69 Å². The molecular weight excluding hydrogens is 200 g/mol. The predicted molar refractivity (Wildman–Crippen MR) is 54.2 cm³/mol. The van der Waals surface area contributed by atoms with Crippen LogP contribution in [0.4, 0.5) is 14.5 Å². The highest BCUT2D eigenvalue weighted by Gasteiger charge is 2.27. The number of anilines is 1. The molecule has 0 amide bonds. The average molecular weight is 213 g/mol. The Morgan fingerprint density at radius 2 is 2.07 bits per heavy atom. The molecule has 0 atom stereocenters. The zero-order valence-corrected chi connectivity index (χ0v) is 8.73. The number of benzene rings is 1. The van der Waals surface area contributed by atoms with Crippen molar-refractivity contribution in [2.75, 3.05) is 11.9 Å². The summed E-state index contributed by atoms with van der Waals surface area (Å²) in [5, 5.41) is 3.02. The first-order valence-corrected chi connectivity index (χ1v) is 4.90. The van der Waals surface area contributed by atoms with Crippen molar-refractivity contribution in [1.82, 2.24) is 0 Å². The summed E-state index contributed by atoms with van der Waals surface area (Å²) in [6.07, 6.45) is 0.739. The van der Waals surface area contributed by atoms with E-state index in [2.05, 4.69) is 5.32 Å². The van der Waals surface area contributed by atoms with Gasteiger partial charge in [-0.05, 0) is 26.0 Å². The molecular formula is C11H13F2NO. The Labute approximate surface area is 87.2 Å². The number of hydrogen-bond acceptors (Lipinski definition) is 2. The lowest BCUT2D eigenvalue weighted by Gasteiger charge is -2.24. The van der Waals surface area contributed by atoms with Gasteiger partial charge in [-0.3, -0.25) is 0 Å². The molecule has 82 valence electrons. The van der Waals surface area contributed by atoms with E-state index in [0.717, 1.165) is 12.5 Å². The van der Waals surface area contributed by atoms with Crippen molar-refractivity contribution in [2.24, 2.45) is 0 Å². The fraction of sp³-hybridized carbons (Fsp3) is 0.455. The molecule has 0 aromatic heterocycles. The Hall–Kier alpha value is -1.32. The second-order valence-electron chi connectivity index (χ2n) is 4.28. The SMILES string of the molecule is CC1(C)CCNc2ccc(F)c(F)c2O1. The topological polar surface area (TPSA) is 21.3 Å². The van der Waals surface area contributed by atoms with Crippen molar-refractivity contribution >= 4 is 5.69 Å². The number of halogens is 2. The third-order valence-corrected chi connectivity index (χ3v) is 2.47. The third kappa shape index (κ3) is 1.89. The molecule has 0 bridgehead atoms. The Morgan fingerprint density at radius 1 is 1.33 bits per heavy atom. The molecule has 0 radical (unpaired) electrons. The fourth-order valence-corrected chi connectivity index (χ4v) is 1.60. The van der Waals surface area contributed by atoms with Crippen molar-refractivity contribution in [2.45, 2.75) is 25.9 Å². The number of rotatable bonds is 0. The summed E-state index contributed by atoms with van der Waals surface area (Å²) < 4.78 is 32.0. The van der Waals surface area contributed by atoms with Gasteiger partial charge in [0.15, 0.2) is 11.6 Å². The van der Waals surface area contributed by atoms with Gasteiger partial charge in [0.2, 0.25) is 5.82 Å². The average Bonchev–Trinajstić information content (AvgIpc) is 2.30. The molecule has 0 unspecified atom stereocenters. The summed E-state index contributed by atoms with van der Waals surface area (Å²) >= 11 is 0. The van der Waals surface area contributed by atoms with Crippen molar-refractivity contribution in [3.63, 3.8) is 0 Å². The van der Waals surface area contributed by atoms with E-state index >= 15 is 0 Å². The standard InChI is InChI=1S/C11H13F2NO/c1-11(2)5-6-14-8-4-3-7(12)9(13)10(8)15-11/h3-4,14H,5-6H2,1-2H3. The lowest BCUT2D eigenvalue weighted by molar-refractivity contribution is 0.102. The molecule has 4 heteroatoms. The minimum atomic E-state index is -0.921. The first kappa shape index (κ1) is 10.2. The van der Waals surface area contributed by atoms with E-state index in [1.807, 2.05) is 13.8 Å². The second kappa shape index (κ2) is 3.36. The van der Waals surface area contributed by atoms with Gasteiger partial charge in [0.1, 0.15) is 5.60 Å². The van der Waals surface area contributed by atoms with Gasteiger partial charge in [-0.1, -0.05) is 0 Å².